The summed E-state index contributed by atoms with van der Waals surface area (Å²) >= 11 is 3.11. The number of halogens is 2. The van der Waals surface area contributed by atoms with Gasteiger partial charge in [0.25, 0.3) is 10.0 Å². The maximum atomic E-state index is 13.5. The van der Waals surface area contributed by atoms with E-state index in [4.69, 9.17) is 11.0 Å². The van der Waals surface area contributed by atoms with Gasteiger partial charge >= 0.3 is 0 Å². The van der Waals surface area contributed by atoms with Crippen LogP contribution in [0.1, 0.15) is 5.56 Å². The van der Waals surface area contributed by atoms with E-state index in [2.05, 4.69) is 20.7 Å². The van der Waals surface area contributed by atoms with Crippen molar-refractivity contribution in [3.05, 3.63) is 52.3 Å². The van der Waals surface area contributed by atoms with Crippen LogP contribution in [0.4, 0.5) is 15.8 Å². The number of rotatable bonds is 3. The summed E-state index contributed by atoms with van der Waals surface area (Å²) in [7, 11) is -3.98. The molecular weight excluding hydrogens is 361 g/mol. The van der Waals surface area contributed by atoms with Crippen LogP contribution in [0.3, 0.4) is 0 Å². The first-order chi connectivity index (χ1) is 9.85. The summed E-state index contributed by atoms with van der Waals surface area (Å²) in [6.07, 6.45) is 0. The van der Waals surface area contributed by atoms with E-state index in [9.17, 15) is 12.8 Å². The molecule has 2 aromatic carbocycles. The minimum Gasteiger partial charge on any atom is -0.399 e. The van der Waals surface area contributed by atoms with Crippen LogP contribution in [0.25, 0.3) is 0 Å². The summed E-state index contributed by atoms with van der Waals surface area (Å²) in [6.45, 7) is 0. The van der Waals surface area contributed by atoms with Crippen molar-refractivity contribution < 1.29 is 12.8 Å². The minimum atomic E-state index is -3.98. The Morgan fingerprint density at radius 1 is 1.29 bits per heavy atom. The Morgan fingerprint density at radius 2 is 2.00 bits per heavy atom. The summed E-state index contributed by atoms with van der Waals surface area (Å²) in [6, 6.07) is 9.50. The first-order valence-corrected chi connectivity index (χ1v) is 7.89. The van der Waals surface area contributed by atoms with Crippen LogP contribution in [-0.2, 0) is 10.0 Å². The zero-order chi connectivity index (χ0) is 15.6. The summed E-state index contributed by atoms with van der Waals surface area (Å²) in [5.74, 6) is -0.797. The Balaban J connectivity index is 2.48. The van der Waals surface area contributed by atoms with Crippen LogP contribution in [0.15, 0.2) is 45.8 Å². The summed E-state index contributed by atoms with van der Waals surface area (Å²) in [5.41, 5.74) is 5.45. The lowest BCUT2D eigenvalue weighted by Gasteiger charge is -2.11. The van der Waals surface area contributed by atoms with Gasteiger partial charge in [-0.2, -0.15) is 5.26 Å². The number of nitriles is 1. The highest BCUT2D eigenvalue weighted by molar-refractivity contribution is 9.10. The zero-order valence-electron chi connectivity index (χ0n) is 10.5. The molecular formula is C13H9BrFN3O2S. The largest absolute Gasteiger partial charge is 0.399 e. The predicted octanol–water partition coefficient (Wildman–Crippen LogP) is 2.84. The van der Waals surface area contributed by atoms with E-state index >= 15 is 0 Å². The summed E-state index contributed by atoms with van der Waals surface area (Å²) < 4.78 is 40.5. The van der Waals surface area contributed by atoms with E-state index in [1.54, 1.807) is 6.07 Å². The molecule has 0 aromatic heterocycles. The molecule has 8 heteroatoms. The second-order valence-corrected chi connectivity index (χ2v) is 6.57. The highest BCUT2D eigenvalue weighted by Gasteiger charge is 2.20. The van der Waals surface area contributed by atoms with Gasteiger partial charge in [0.2, 0.25) is 0 Å². The second-order valence-electron chi connectivity index (χ2n) is 4.07. The molecule has 2 aromatic rings. The topological polar surface area (TPSA) is 96.0 Å². The lowest BCUT2D eigenvalue weighted by atomic mass is 10.2. The average molecular weight is 370 g/mol. The molecule has 0 bridgehead atoms. The van der Waals surface area contributed by atoms with Gasteiger partial charge in [-0.15, -0.1) is 0 Å². The molecule has 0 aliphatic carbocycles. The molecule has 0 fully saturated rings. The monoisotopic (exact) mass is 369 g/mol. The fraction of sp³-hybridized carbons (Fsp3) is 0. The smallest absolute Gasteiger partial charge is 0.263 e. The van der Waals surface area contributed by atoms with Crippen LogP contribution in [0.2, 0.25) is 0 Å². The van der Waals surface area contributed by atoms with E-state index < -0.39 is 15.8 Å². The molecule has 0 radical (unpaired) electrons. The van der Waals surface area contributed by atoms with Crippen molar-refractivity contribution in [2.45, 2.75) is 4.90 Å². The molecule has 3 N–H and O–H groups in total. The summed E-state index contributed by atoms with van der Waals surface area (Å²) in [5, 5.41) is 8.91. The summed E-state index contributed by atoms with van der Waals surface area (Å²) in [4.78, 5) is -0.0650. The van der Waals surface area contributed by atoms with Gasteiger partial charge in [0.15, 0.2) is 0 Å². The standard InChI is InChI=1S/C13H9BrFN3O2S/c14-10-6-8(17)4-5-13(10)21(19,20)18-12-3-1-2-11(15)9(12)7-16/h1-6,18H,17H2. The fourth-order valence-corrected chi connectivity index (χ4v) is 3.83. The number of nitrogens with one attached hydrogen (secondary N) is 1. The molecule has 108 valence electrons. The third-order valence-electron chi connectivity index (χ3n) is 2.62. The lowest BCUT2D eigenvalue weighted by Crippen LogP contribution is -2.15. The molecule has 0 atom stereocenters. The maximum Gasteiger partial charge on any atom is 0.263 e. The number of anilines is 2. The Labute approximate surface area is 129 Å². The van der Waals surface area contributed by atoms with Gasteiger partial charge in [-0.3, -0.25) is 4.72 Å². The van der Waals surface area contributed by atoms with Gasteiger partial charge in [0, 0.05) is 10.2 Å². The van der Waals surface area contributed by atoms with Gasteiger partial charge in [-0.05, 0) is 46.3 Å². The van der Waals surface area contributed by atoms with Crippen molar-refractivity contribution in [3.63, 3.8) is 0 Å². The SMILES string of the molecule is N#Cc1c(F)cccc1NS(=O)(=O)c1ccc(N)cc1Br. The van der Waals surface area contributed by atoms with E-state index in [-0.39, 0.29) is 20.6 Å². The van der Waals surface area contributed by atoms with Gasteiger partial charge in [0.05, 0.1) is 5.69 Å². The lowest BCUT2D eigenvalue weighted by molar-refractivity contribution is 0.600. The molecule has 0 amide bonds. The van der Waals surface area contributed by atoms with Crippen LogP contribution < -0.4 is 10.5 Å². The number of benzene rings is 2. The van der Waals surface area contributed by atoms with Crippen molar-refractivity contribution in [2.24, 2.45) is 0 Å². The van der Waals surface area contributed by atoms with Crippen molar-refractivity contribution in [3.8, 4) is 6.07 Å². The quantitative estimate of drug-likeness (QED) is 0.812. The van der Waals surface area contributed by atoms with Crippen molar-refractivity contribution in [2.75, 3.05) is 10.5 Å². The number of sulfonamides is 1. The highest BCUT2D eigenvalue weighted by Crippen LogP contribution is 2.27. The molecule has 0 aliphatic rings. The predicted molar refractivity (Wildman–Crippen MR) is 80.5 cm³/mol. The number of nitrogen functional groups attached to an aromatic ring is 1. The Morgan fingerprint density at radius 3 is 2.62 bits per heavy atom. The normalized spacial score (nSPS) is 10.9. The number of hydrogen-bond acceptors (Lipinski definition) is 4. The van der Waals surface area contributed by atoms with Crippen LogP contribution in [0, 0.1) is 17.1 Å². The molecule has 0 unspecified atom stereocenters. The molecule has 0 saturated heterocycles. The molecule has 0 heterocycles. The number of hydrogen-bond donors (Lipinski definition) is 2. The highest BCUT2D eigenvalue weighted by atomic mass is 79.9. The van der Waals surface area contributed by atoms with E-state index in [0.29, 0.717) is 5.69 Å². The molecule has 2 rings (SSSR count). The van der Waals surface area contributed by atoms with Crippen LogP contribution in [0.5, 0.6) is 0 Å². The van der Waals surface area contributed by atoms with E-state index in [1.165, 1.54) is 30.3 Å². The Kier molecular flexibility index (Phi) is 4.16. The maximum absolute atomic E-state index is 13.5. The first-order valence-electron chi connectivity index (χ1n) is 5.61. The molecule has 0 spiro atoms. The van der Waals surface area contributed by atoms with Crippen molar-refractivity contribution in [1.29, 1.82) is 5.26 Å². The van der Waals surface area contributed by atoms with Gasteiger partial charge in [-0.1, -0.05) is 6.07 Å². The molecule has 0 aliphatic heterocycles. The van der Waals surface area contributed by atoms with Gasteiger partial charge in [0.1, 0.15) is 22.3 Å². The number of nitrogens with two attached hydrogens (primary N) is 1. The van der Waals surface area contributed by atoms with Gasteiger partial charge < -0.3 is 5.73 Å². The van der Waals surface area contributed by atoms with E-state index in [0.717, 1.165) is 6.07 Å². The molecule has 5 nitrogen and oxygen atoms in total. The Bertz CT molecular complexity index is 847. The molecule has 0 saturated carbocycles. The number of nitrogens with zero attached hydrogens (tertiary/aromatic N) is 1. The van der Waals surface area contributed by atoms with Gasteiger partial charge in [-0.25, -0.2) is 12.8 Å². The fourth-order valence-electron chi connectivity index (χ4n) is 1.66. The third kappa shape index (κ3) is 3.15. The third-order valence-corrected chi connectivity index (χ3v) is 4.96. The van der Waals surface area contributed by atoms with Crippen molar-refractivity contribution in [1.82, 2.24) is 0 Å². The average Bonchev–Trinajstić information content (AvgIpc) is 2.38. The molecule has 21 heavy (non-hydrogen) atoms. The van der Waals surface area contributed by atoms with Crippen LogP contribution in [-0.4, -0.2) is 8.42 Å². The second kappa shape index (κ2) is 5.71. The van der Waals surface area contributed by atoms with Crippen LogP contribution >= 0.6 is 15.9 Å². The Hall–Kier alpha value is -2.11. The van der Waals surface area contributed by atoms with Crippen molar-refractivity contribution >= 4 is 37.3 Å². The van der Waals surface area contributed by atoms with E-state index in [1.807, 2.05) is 0 Å². The first kappa shape index (κ1) is 15.3. The zero-order valence-corrected chi connectivity index (χ0v) is 12.9. The minimum absolute atomic E-state index is 0.0650.